The van der Waals surface area contributed by atoms with Gasteiger partial charge in [0.25, 0.3) is 0 Å². The second-order valence-electron chi connectivity index (χ2n) is 6.81. The van der Waals surface area contributed by atoms with Crippen molar-refractivity contribution in [3.8, 4) is 0 Å². The molecule has 0 aromatic heterocycles. The van der Waals surface area contributed by atoms with Crippen LogP contribution in [0, 0.1) is 5.92 Å². The zero-order valence-electron chi connectivity index (χ0n) is 13.7. The second kappa shape index (κ2) is 6.78. The topological polar surface area (TPSA) is 93.1 Å². The summed E-state index contributed by atoms with van der Waals surface area (Å²) in [6.45, 7) is 11.0. The Morgan fingerprint density at radius 1 is 0.952 bits per heavy atom. The molecular weight excluding hydrogens is 278 g/mol. The summed E-state index contributed by atoms with van der Waals surface area (Å²) in [4.78, 5) is 35.7. The maximum Gasteiger partial charge on any atom is 0.419 e. The van der Waals surface area contributed by atoms with Crippen molar-refractivity contribution in [1.82, 2.24) is 4.90 Å². The highest BCUT2D eigenvalue weighted by molar-refractivity contribution is 5.88. The quantitative estimate of drug-likeness (QED) is 0.861. The first-order valence-corrected chi connectivity index (χ1v) is 6.69. The van der Waals surface area contributed by atoms with Crippen LogP contribution in [-0.2, 0) is 14.3 Å². The molecule has 0 saturated heterocycles. The van der Waals surface area contributed by atoms with Crippen LogP contribution in [0.25, 0.3) is 0 Å². The molecule has 0 aliphatic heterocycles. The third-order valence-corrected chi connectivity index (χ3v) is 2.11. The van der Waals surface area contributed by atoms with E-state index in [0.717, 1.165) is 0 Å². The highest BCUT2D eigenvalue weighted by Crippen LogP contribution is 2.15. The average molecular weight is 303 g/mol. The van der Waals surface area contributed by atoms with Crippen LogP contribution in [0.5, 0.6) is 0 Å². The summed E-state index contributed by atoms with van der Waals surface area (Å²) >= 11 is 0. The predicted molar refractivity (Wildman–Crippen MR) is 76.0 cm³/mol. The van der Waals surface area contributed by atoms with Crippen LogP contribution < -0.4 is 0 Å². The van der Waals surface area contributed by atoms with Crippen molar-refractivity contribution >= 4 is 18.2 Å². The van der Waals surface area contributed by atoms with Gasteiger partial charge in [-0.05, 0) is 41.5 Å². The van der Waals surface area contributed by atoms with Crippen molar-refractivity contribution in [3.63, 3.8) is 0 Å². The van der Waals surface area contributed by atoms with Gasteiger partial charge in [-0.25, -0.2) is 14.5 Å². The minimum atomic E-state index is -1.12. The molecule has 1 N–H and O–H groups in total. The van der Waals surface area contributed by atoms with Gasteiger partial charge in [-0.15, -0.1) is 0 Å². The number of hydrogen-bond acceptors (Lipinski definition) is 5. The number of amides is 2. The fraction of sp³-hybridized carbons (Fsp3) is 0.786. The van der Waals surface area contributed by atoms with Crippen LogP contribution in [0.1, 0.15) is 48.5 Å². The molecular formula is C14H25NO6. The van der Waals surface area contributed by atoms with E-state index in [1.165, 1.54) is 6.92 Å². The average Bonchev–Trinajstić information content (AvgIpc) is 2.19. The van der Waals surface area contributed by atoms with E-state index in [1.54, 1.807) is 41.5 Å². The maximum atomic E-state index is 12.1. The van der Waals surface area contributed by atoms with Crippen LogP contribution >= 0.6 is 0 Å². The van der Waals surface area contributed by atoms with Gasteiger partial charge in [-0.1, -0.05) is 6.92 Å². The lowest BCUT2D eigenvalue weighted by molar-refractivity contribution is -0.141. The number of nitrogens with zero attached hydrogens (tertiary/aromatic N) is 1. The first-order chi connectivity index (χ1) is 9.23. The zero-order valence-corrected chi connectivity index (χ0v) is 13.7. The van der Waals surface area contributed by atoms with Crippen LogP contribution in [0.15, 0.2) is 0 Å². The molecule has 1 atom stereocenters. The molecule has 0 rings (SSSR count). The van der Waals surface area contributed by atoms with Crippen molar-refractivity contribution < 1.29 is 29.0 Å². The Morgan fingerprint density at radius 3 is 1.52 bits per heavy atom. The highest BCUT2D eigenvalue weighted by Gasteiger charge is 2.33. The van der Waals surface area contributed by atoms with E-state index in [2.05, 4.69) is 0 Å². The lowest BCUT2D eigenvalue weighted by atomic mass is 10.1. The predicted octanol–water partition coefficient (Wildman–Crippen LogP) is 2.88. The summed E-state index contributed by atoms with van der Waals surface area (Å²) in [6.07, 6.45) is -1.85. The molecule has 2 amide bonds. The summed E-state index contributed by atoms with van der Waals surface area (Å²) in [5.41, 5.74) is -1.60. The lowest BCUT2D eigenvalue weighted by Crippen LogP contribution is -2.46. The number of carboxylic acid groups (broad SMARTS) is 1. The van der Waals surface area contributed by atoms with Crippen molar-refractivity contribution in [1.29, 1.82) is 0 Å². The summed E-state index contributed by atoms with van der Waals surface area (Å²) < 4.78 is 10.2. The van der Waals surface area contributed by atoms with Crippen LogP contribution in [0.2, 0.25) is 0 Å². The van der Waals surface area contributed by atoms with Crippen molar-refractivity contribution in [2.24, 2.45) is 5.92 Å². The summed E-state index contributed by atoms with van der Waals surface area (Å²) in [6, 6.07) is 0. The number of rotatable bonds is 3. The number of aliphatic carboxylic acids is 1. The molecule has 0 bridgehead atoms. The molecule has 0 aliphatic carbocycles. The highest BCUT2D eigenvalue weighted by atomic mass is 16.6. The summed E-state index contributed by atoms with van der Waals surface area (Å²) in [5, 5.41) is 8.93. The van der Waals surface area contributed by atoms with E-state index in [9.17, 15) is 14.4 Å². The Bertz CT molecular complexity index is 377. The van der Waals surface area contributed by atoms with Gasteiger partial charge < -0.3 is 14.6 Å². The van der Waals surface area contributed by atoms with Gasteiger partial charge in [-0.3, -0.25) is 4.79 Å². The molecule has 0 radical (unpaired) electrons. The van der Waals surface area contributed by atoms with Gasteiger partial charge in [0.1, 0.15) is 11.2 Å². The van der Waals surface area contributed by atoms with Gasteiger partial charge in [0.05, 0.1) is 5.92 Å². The fourth-order valence-corrected chi connectivity index (χ4v) is 1.21. The Morgan fingerprint density at radius 2 is 1.29 bits per heavy atom. The largest absolute Gasteiger partial charge is 0.481 e. The summed E-state index contributed by atoms with van der Waals surface area (Å²) in [5.74, 6) is -2.04. The Balaban J connectivity index is 5.13. The van der Waals surface area contributed by atoms with E-state index >= 15 is 0 Å². The standard InChI is InChI=1S/C14H25NO6/c1-9(10(16)17)8-15(11(18)20-13(2,3)4)12(19)21-14(5,6)7/h9H,8H2,1-7H3,(H,16,17). The fourth-order valence-electron chi connectivity index (χ4n) is 1.21. The number of carbonyl (C=O) groups excluding carboxylic acids is 2. The van der Waals surface area contributed by atoms with Gasteiger partial charge in [0.15, 0.2) is 0 Å². The molecule has 0 fully saturated rings. The molecule has 1 unspecified atom stereocenters. The van der Waals surface area contributed by atoms with Crippen LogP contribution in [0.4, 0.5) is 9.59 Å². The van der Waals surface area contributed by atoms with Gasteiger partial charge >= 0.3 is 18.2 Å². The number of carboxylic acids is 1. The minimum absolute atomic E-state index is 0.320. The van der Waals surface area contributed by atoms with E-state index in [-0.39, 0.29) is 6.54 Å². The zero-order chi connectivity index (χ0) is 17.0. The molecule has 21 heavy (non-hydrogen) atoms. The van der Waals surface area contributed by atoms with Crippen molar-refractivity contribution in [3.05, 3.63) is 0 Å². The maximum absolute atomic E-state index is 12.1. The van der Waals surface area contributed by atoms with E-state index in [4.69, 9.17) is 14.6 Å². The molecule has 0 aromatic carbocycles. The van der Waals surface area contributed by atoms with Gasteiger partial charge in [0, 0.05) is 6.54 Å². The SMILES string of the molecule is CC(CN(C(=O)OC(C)(C)C)C(=O)OC(C)(C)C)C(=O)O. The molecule has 0 aromatic rings. The van der Waals surface area contributed by atoms with E-state index < -0.39 is 35.3 Å². The van der Waals surface area contributed by atoms with Crippen LogP contribution in [0.3, 0.4) is 0 Å². The van der Waals surface area contributed by atoms with E-state index in [0.29, 0.717) is 4.90 Å². The number of hydrogen-bond donors (Lipinski definition) is 1. The number of ether oxygens (including phenoxy) is 2. The minimum Gasteiger partial charge on any atom is -0.481 e. The van der Waals surface area contributed by atoms with E-state index in [1.807, 2.05) is 0 Å². The molecule has 0 spiro atoms. The molecule has 7 heteroatoms. The molecule has 0 heterocycles. The molecule has 0 saturated carbocycles. The molecule has 7 nitrogen and oxygen atoms in total. The monoisotopic (exact) mass is 303 g/mol. The third kappa shape index (κ3) is 8.16. The Hall–Kier alpha value is -1.79. The Labute approximate surface area is 125 Å². The van der Waals surface area contributed by atoms with Crippen molar-refractivity contribution in [2.75, 3.05) is 6.54 Å². The summed E-state index contributed by atoms with van der Waals surface area (Å²) in [7, 11) is 0. The van der Waals surface area contributed by atoms with Crippen molar-refractivity contribution in [2.45, 2.75) is 59.7 Å². The normalized spacial score (nSPS) is 13.3. The Kier molecular flexibility index (Phi) is 6.20. The number of carbonyl (C=O) groups is 3. The van der Waals surface area contributed by atoms with Gasteiger partial charge in [0.2, 0.25) is 0 Å². The lowest BCUT2D eigenvalue weighted by Gasteiger charge is -2.29. The van der Waals surface area contributed by atoms with Crippen LogP contribution in [-0.4, -0.2) is 45.9 Å². The van der Waals surface area contributed by atoms with Gasteiger partial charge in [-0.2, -0.15) is 0 Å². The molecule has 0 aliphatic rings. The smallest absolute Gasteiger partial charge is 0.419 e. The first-order valence-electron chi connectivity index (χ1n) is 6.69. The first kappa shape index (κ1) is 19.2. The number of imide groups is 1. The second-order valence-corrected chi connectivity index (χ2v) is 6.81. The molecule has 122 valence electrons. The third-order valence-electron chi connectivity index (χ3n) is 2.11.